The number of carboxylic acids is 1. The summed E-state index contributed by atoms with van der Waals surface area (Å²) in [7, 11) is -3.81. The van der Waals surface area contributed by atoms with Gasteiger partial charge < -0.3 is 9.67 Å². The van der Waals surface area contributed by atoms with E-state index in [9.17, 15) is 13.2 Å². The van der Waals surface area contributed by atoms with Crippen molar-refractivity contribution in [3.63, 3.8) is 0 Å². The van der Waals surface area contributed by atoms with Crippen molar-refractivity contribution >= 4 is 21.7 Å². The van der Waals surface area contributed by atoms with Crippen molar-refractivity contribution in [1.29, 1.82) is 0 Å². The molecule has 2 N–H and O–H groups in total. The molecule has 3 rings (SSSR count). The van der Waals surface area contributed by atoms with Crippen LogP contribution in [0, 0.1) is 0 Å². The molecule has 0 bridgehead atoms. The first-order valence-electron chi connectivity index (χ1n) is 7.36. The molecule has 1 aromatic heterocycles. The molecule has 0 fully saturated rings. The van der Waals surface area contributed by atoms with E-state index >= 15 is 0 Å². The molecule has 0 unspecified atom stereocenters. The lowest BCUT2D eigenvalue weighted by Crippen LogP contribution is -2.18. The third-order valence-electron chi connectivity index (χ3n) is 3.94. The van der Waals surface area contributed by atoms with Gasteiger partial charge in [-0.2, -0.15) is 8.42 Å². The zero-order valence-electron chi connectivity index (χ0n) is 12.6. The second kappa shape index (κ2) is 5.69. The van der Waals surface area contributed by atoms with Gasteiger partial charge in [0.15, 0.2) is 5.03 Å². The first kappa shape index (κ1) is 15.5. The highest BCUT2D eigenvalue weighted by molar-refractivity contribution is 7.92. The van der Waals surface area contributed by atoms with Gasteiger partial charge in [0.1, 0.15) is 5.82 Å². The van der Waals surface area contributed by atoms with Crippen molar-refractivity contribution < 1.29 is 18.3 Å². The minimum Gasteiger partial charge on any atom is -0.478 e. The minimum absolute atomic E-state index is 0.0402. The Balaban J connectivity index is 2.00. The lowest BCUT2D eigenvalue weighted by atomic mass is 10.1. The molecule has 0 spiro atoms. The fourth-order valence-corrected chi connectivity index (χ4v) is 4.02. The SMILES string of the molecule is CCc1ccc(C(=O)O)cc1NS(=O)(=O)c1cnc2n1CCC2. The summed E-state index contributed by atoms with van der Waals surface area (Å²) in [6.45, 7) is 2.51. The maximum atomic E-state index is 12.7. The molecule has 2 heterocycles. The number of rotatable bonds is 5. The molecule has 7 nitrogen and oxygen atoms in total. The zero-order chi connectivity index (χ0) is 16.6. The summed E-state index contributed by atoms with van der Waals surface area (Å²) in [4.78, 5) is 15.3. The largest absolute Gasteiger partial charge is 0.478 e. The average molecular weight is 335 g/mol. The number of aromatic nitrogens is 2. The van der Waals surface area contributed by atoms with E-state index in [0.29, 0.717) is 18.7 Å². The van der Waals surface area contributed by atoms with Crippen LogP contribution >= 0.6 is 0 Å². The number of imidazole rings is 1. The minimum atomic E-state index is -3.81. The van der Waals surface area contributed by atoms with E-state index in [2.05, 4.69) is 9.71 Å². The van der Waals surface area contributed by atoms with E-state index in [1.165, 1.54) is 18.3 Å². The van der Waals surface area contributed by atoms with E-state index in [0.717, 1.165) is 24.2 Å². The summed E-state index contributed by atoms with van der Waals surface area (Å²) >= 11 is 0. The molecule has 0 amide bonds. The number of carboxylic acid groups (broad SMARTS) is 1. The predicted octanol–water partition coefficient (Wildman–Crippen LogP) is 1.89. The van der Waals surface area contributed by atoms with E-state index in [-0.39, 0.29) is 10.6 Å². The van der Waals surface area contributed by atoms with Crippen molar-refractivity contribution in [3.8, 4) is 0 Å². The Hall–Kier alpha value is -2.35. The highest BCUT2D eigenvalue weighted by atomic mass is 32.2. The Kier molecular flexibility index (Phi) is 3.85. The van der Waals surface area contributed by atoms with Crippen molar-refractivity contribution in [2.45, 2.75) is 37.8 Å². The Bertz CT molecular complexity index is 871. The van der Waals surface area contributed by atoms with E-state index in [1.54, 1.807) is 10.6 Å². The summed E-state index contributed by atoms with van der Waals surface area (Å²) in [6, 6.07) is 4.44. The molecule has 1 aliphatic rings. The van der Waals surface area contributed by atoms with Gasteiger partial charge in [-0.1, -0.05) is 13.0 Å². The van der Waals surface area contributed by atoms with Crippen LogP contribution in [-0.2, 0) is 29.4 Å². The molecule has 8 heteroatoms. The van der Waals surface area contributed by atoms with Crippen LogP contribution in [0.25, 0.3) is 0 Å². The molecule has 0 saturated carbocycles. The molecule has 1 aromatic carbocycles. The summed E-state index contributed by atoms with van der Waals surface area (Å²) in [5, 5.41) is 9.21. The van der Waals surface area contributed by atoms with E-state index in [4.69, 9.17) is 5.11 Å². The van der Waals surface area contributed by atoms with Crippen LogP contribution in [0.1, 0.15) is 35.1 Å². The number of carbonyl (C=O) groups is 1. The topological polar surface area (TPSA) is 101 Å². The molecule has 0 atom stereocenters. The van der Waals surface area contributed by atoms with Crippen LogP contribution in [0.5, 0.6) is 0 Å². The number of anilines is 1. The second-order valence-electron chi connectivity index (χ2n) is 5.40. The third kappa shape index (κ3) is 2.81. The highest BCUT2D eigenvalue weighted by Crippen LogP contribution is 2.25. The molecular weight excluding hydrogens is 318 g/mol. The smallest absolute Gasteiger partial charge is 0.335 e. The van der Waals surface area contributed by atoms with E-state index < -0.39 is 16.0 Å². The molecular formula is C15H17N3O4S. The number of aromatic carboxylic acids is 1. The molecule has 0 aliphatic carbocycles. The number of fused-ring (bicyclic) bond motifs is 1. The Morgan fingerprint density at radius 1 is 1.43 bits per heavy atom. The van der Waals surface area contributed by atoms with Crippen LogP contribution in [0.3, 0.4) is 0 Å². The monoisotopic (exact) mass is 335 g/mol. The quantitative estimate of drug-likeness (QED) is 0.869. The molecule has 0 radical (unpaired) electrons. The van der Waals surface area contributed by atoms with Crippen LogP contribution < -0.4 is 4.72 Å². The van der Waals surface area contributed by atoms with Gasteiger partial charge >= 0.3 is 5.97 Å². The van der Waals surface area contributed by atoms with Gasteiger partial charge in [0.05, 0.1) is 17.4 Å². The van der Waals surface area contributed by atoms with Gasteiger partial charge in [-0.15, -0.1) is 0 Å². The van der Waals surface area contributed by atoms with Crippen LogP contribution in [0.2, 0.25) is 0 Å². The molecule has 23 heavy (non-hydrogen) atoms. The molecule has 0 saturated heterocycles. The van der Waals surface area contributed by atoms with E-state index in [1.807, 2.05) is 6.92 Å². The highest BCUT2D eigenvalue weighted by Gasteiger charge is 2.25. The summed E-state index contributed by atoms with van der Waals surface area (Å²) in [5.41, 5.74) is 1.07. The zero-order valence-corrected chi connectivity index (χ0v) is 13.4. The fourth-order valence-electron chi connectivity index (χ4n) is 2.75. The Morgan fingerprint density at radius 2 is 2.22 bits per heavy atom. The number of benzene rings is 1. The maximum Gasteiger partial charge on any atom is 0.335 e. The second-order valence-corrected chi connectivity index (χ2v) is 7.03. The predicted molar refractivity (Wildman–Crippen MR) is 84.1 cm³/mol. The lowest BCUT2D eigenvalue weighted by molar-refractivity contribution is 0.0697. The maximum absolute atomic E-state index is 12.7. The van der Waals surface area contributed by atoms with Crippen LogP contribution in [0.4, 0.5) is 5.69 Å². The fraction of sp³-hybridized carbons (Fsp3) is 0.333. The number of aryl methyl sites for hydroxylation is 2. The summed E-state index contributed by atoms with van der Waals surface area (Å²) in [5.74, 6) is -0.335. The summed E-state index contributed by atoms with van der Waals surface area (Å²) in [6.07, 6.45) is 3.58. The van der Waals surface area contributed by atoms with Crippen LogP contribution in [0.15, 0.2) is 29.4 Å². The van der Waals surface area contributed by atoms with Crippen molar-refractivity contribution in [1.82, 2.24) is 9.55 Å². The standard InChI is InChI=1S/C15H17N3O4S/c1-2-10-5-6-11(15(19)20)8-12(10)17-23(21,22)14-9-16-13-4-3-7-18(13)14/h5-6,8-9,17H,2-4,7H2,1H3,(H,19,20). The molecule has 1 aliphatic heterocycles. The number of sulfonamides is 1. The molecule has 2 aromatic rings. The first-order chi connectivity index (χ1) is 10.9. The van der Waals surface area contributed by atoms with Crippen molar-refractivity contribution in [2.75, 3.05) is 4.72 Å². The van der Waals surface area contributed by atoms with Gasteiger partial charge in [0.2, 0.25) is 0 Å². The van der Waals surface area contributed by atoms with Crippen molar-refractivity contribution in [2.24, 2.45) is 0 Å². The van der Waals surface area contributed by atoms with Gasteiger partial charge in [0.25, 0.3) is 10.0 Å². The van der Waals surface area contributed by atoms with Crippen LogP contribution in [-0.4, -0.2) is 29.0 Å². The Morgan fingerprint density at radius 3 is 2.91 bits per heavy atom. The normalized spacial score (nSPS) is 13.8. The van der Waals surface area contributed by atoms with Gasteiger partial charge in [0, 0.05) is 13.0 Å². The lowest BCUT2D eigenvalue weighted by Gasteiger charge is -2.13. The first-order valence-corrected chi connectivity index (χ1v) is 8.84. The summed E-state index contributed by atoms with van der Waals surface area (Å²) < 4.78 is 29.5. The number of nitrogens with one attached hydrogen (secondary N) is 1. The average Bonchev–Trinajstić information content (AvgIpc) is 3.09. The Labute approximate surface area is 134 Å². The van der Waals surface area contributed by atoms with Gasteiger partial charge in [-0.05, 0) is 30.5 Å². The number of nitrogens with zero attached hydrogens (tertiary/aromatic N) is 2. The third-order valence-corrected chi connectivity index (χ3v) is 5.31. The van der Waals surface area contributed by atoms with Gasteiger partial charge in [-0.25, -0.2) is 9.78 Å². The number of hydrogen-bond acceptors (Lipinski definition) is 4. The van der Waals surface area contributed by atoms with Gasteiger partial charge in [-0.3, -0.25) is 4.72 Å². The molecule has 122 valence electrons. The van der Waals surface area contributed by atoms with Crippen molar-refractivity contribution in [3.05, 3.63) is 41.3 Å². The number of hydrogen-bond donors (Lipinski definition) is 2.